The van der Waals surface area contributed by atoms with E-state index in [-0.39, 0.29) is 6.03 Å². The lowest BCUT2D eigenvalue weighted by Crippen LogP contribution is -2.30. The Bertz CT molecular complexity index is 520. The lowest BCUT2D eigenvalue weighted by atomic mass is 10.1. The molecule has 2 N–H and O–H groups in total. The second-order valence-electron chi connectivity index (χ2n) is 4.48. The van der Waals surface area contributed by atoms with Crippen LogP contribution in [0.1, 0.15) is 11.1 Å². The largest absolute Gasteiger partial charge is 0.338 e. The highest BCUT2D eigenvalue weighted by Gasteiger charge is 2.00. The molecule has 19 heavy (non-hydrogen) atoms. The van der Waals surface area contributed by atoms with Crippen molar-refractivity contribution < 1.29 is 4.79 Å². The first kappa shape index (κ1) is 13.1. The van der Waals surface area contributed by atoms with Crippen molar-refractivity contribution in [2.45, 2.75) is 13.3 Å². The maximum absolute atomic E-state index is 11.7. The van der Waals surface area contributed by atoms with E-state index in [9.17, 15) is 4.79 Å². The molecule has 0 aliphatic carbocycles. The monoisotopic (exact) mass is 254 g/mol. The zero-order chi connectivity index (χ0) is 13.5. The van der Waals surface area contributed by atoms with Crippen molar-refractivity contribution in [1.82, 2.24) is 5.32 Å². The number of hydrogen-bond donors (Lipinski definition) is 2. The molecule has 0 saturated carbocycles. The van der Waals surface area contributed by atoms with Gasteiger partial charge in [0.05, 0.1) is 0 Å². The Hall–Kier alpha value is -2.29. The topological polar surface area (TPSA) is 41.1 Å². The average Bonchev–Trinajstić information content (AvgIpc) is 2.43. The molecular formula is C16H18N2O. The summed E-state index contributed by atoms with van der Waals surface area (Å²) in [5, 5.41) is 5.65. The van der Waals surface area contributed by atoms with Crippen molar-refractivity contribution in [3.8, 4) is 0 Å². The molecule has 0 atom stereocenters. The first-order chi connectivity index (χ1) is 9.24. The van der Waals surface area contributed by atoms with Crippen LogP contribution in [0, 0.1) is 6.92 Å². The Morgan fingerprint density at radius 2 is 1.68 bits per heavy atom. The molecule has 0 aliphatic rings. The third-order valence-electron chi connectivity index (χ3n) is 2.85. The number of nitrogens with one attached hydrogen (secondary N) is 2. The minimum Gasteiger partial charge on any atom is -0.338 e. The van der Waals surface area contributed by atoms with Gasteiger partial charge in [-0.15, -0.1) is 0 Å². The number of amides is 2. The Kier molecular flexibility index (Phi) is 4.56. The number of aryl methyl sites for hydroxylation is 1. The Morgan fingerprint density at radius 1 is 1.00 bits per heavy atom. The average molecular weight is 254 g/mol. The molecule has 0 saturated heterocycles. The summed E-state index contributed by atoms with van der Waals surface area (Å²) in [7, 11) is 0. The van der Waals surface area contributed by atoms with Crippen LogP contribution in [0.15, 0.2) is 54.6 Å². The predicted octanol–water partition coefficient (Wildman–Crippen LogP) is 3.36. The number of benzene rings is 2. The van der Waals surface area contributed by atoms with Gasteiger partial charge in [0.2, 0.25) is 0 Å². The van der Waals surface area contributed by atoms with Crippen molar-refractivity contribution in [2.24, 2.45) is 0 Å². The molecule has 3 heteroatoms. The molecule has 0 fully saturated rings. The minimum absolute atomic E-state index is 0.167. The molecule has 2 rings (SSSR count). The fourth-order valence-electron chi connectivity index (χ4n) is 1.78. The SMILES string of the molecule is Cc1ccc(NC(=O)NCCc2ccccc2)cc1. The molecule has 0 aliphatic heterocycles. The molecule has 0 radical (unpaired) electrons. The second-order valence-corrected chi connectivity index (χ2v) is 4.48. The van der Waals surface area contributed by atoms with Crippen LogP contribution < -0.4 is 10.6 Å². The molecular weight excluding hydrogens is 236 g/mol. The van der Waals surface area contributed by atoms with Gasteiger partial charge < -0.3 is 10.6 Å². The quantitative estimate of drug-likeness (QED) is 0.863. The van der Waals surface area contributed by atoms with Gasteiger partial charge in [0, 0.05) is 12.2 Å². The summed E-state index contributed by atoms with van der Waals surface area (Å²) in [6, 6.07) is 17.7. The molecule has 0 unspecified atom stereocenters. The molecule has 0 aromatic heterocycles. The number of anilines is 1. The Labute approximate surface area is 113 Å². The summed E-state index contributed by atoms with van der Waals surface area (Å²) in [5.74, 6) is 0. The van der Waals surface area contributed by atoms with Crippen LogP contribution in [-0.4, -0.2) is 12.6 Å². The predicted molar refractivity (Wildman–Crippen MR) is 78.3 cm³/mol. The second kappa shape index (κ2) is 6.59. The Balaban J connectivity index is 1.74. The summed E-state index contributed by atoms with van der Waals surface area (Å²) >= 11 is 0. The lowest BCUT2D eigenvalue weighted by molar-refractivity contribution is 0.252. The summed E-state index contributed by atoms with van der Waals surface area (Å²) in [6.45, 7) is 2.64. The normalized spacial score (nSPS) is 9.95. The number of rotatable bonds is 4. The fourth-order valence-corrected chi connectivity index (χ4v) is 1.78. The molecule has 0 heterocycles. The van der Waals surface area contributed by atoms with Gasteiger partial charge in [-0.3, -0.25) is 0 Å². The summed E-state index contributed by atoms with van der Waals surface area (Å²) in [4.78, 5) is 11.7. The van der Waals surface area contributed by atoms with Gasteiger partial charge in [0.25, 0.3) is 0 Å². The van der Waals surface area contributed by atoms with Gasteiger partial charge in [-0.05, 0) is 31.0 Å². The number of carbonyl (C=O) groups is 1. The summed E-state index contributed by atoms with van der Waals surface area (Å²) in [5.41, 5.74) is 3.20. The fraction of sp³-hybridized carbons (Fsp3) is 0.188. The highest BCUT2D eigenvalue weighted by molar-refractivity contribution is 5.89. The third kappa shape index (κ3) is 4.47. The highest BCUT2D eigenvalue weighted by atomic mass is 16.2. The molecule has 2 amide bonds. The van der Waals surface area contributed by atoms with Crippen molar-refractivity contribution in [1.29, 1.82) is 0 Å². The smallest absolute Gasteiger partial charge is 0.319 e. The van der Waals surface area contributed by atoms with Crippen LogP contribution in [0.4, 0.5) is 10.5 Å². The number of urea groups is 1. The van der Waals surface area contributed by atoms with E-state index >= 15 is 0 Å². The van der Waals surface area contributed by atoms with E-state index in [0.29, 0.717) is 6.54 Å². The lowest BCUT2D eigenvalue weighted by Gasteiger charge is -2.07. The van der Waals surface area contributed by atoms with Gasteiger partial charge in [-0.25, -0.2) is 4.79 Å². The van der Waals surface area contributed by atoms with Crippen LogP contribution >= 0.6 is 0 Å². The van der Waals surface area contributed by atoms with E-state index in [4.69, 9.17) is 0 Å². The van der Waals surface area contributed by atoms with E-state index in [1.165, 1.54) is 11.1 Å². The van der Waals surface area contributed by atoms with E-state index < -0.39 is 0 Å². The molecule has 0 spiro atoms. The van der Waals surface area contributed by atoms with E-state index in [1.807, 2.05) is 49.4 Å². The van der Waals surface area contributed by atoms with E-state index in [2.05, 4.69) is 22.8 Å². The van der Waals surface area contributed by atoms with Gasteiger partial charge >= 0.3 is 6.03 Å². The molecule has 2 aromatic carbocycles. The van der Waals surface area contributed by atoms with Crippen LogP contribution in [-0.2, 0) is 6.42 Å². The zero-order valence-electron chi connectivity index (χ0n) is 11.0. The summed E-state index contributed by atoms with van der Waals surface area (Å²) in [6.07, 6.45) is 0.835. The number of carbonyl (C=O) groups excluding carboxylic acids is 1. The van der Waals surface area contributed by atoms with Crippen molar-refractivity contribution in [3.63, 3.8) is 0 Å². The van der Waals surface area contributed by atoms with Gasteiger partial charge in [-0.1, -0.05) is 48.0 Å². The molecule has 3 nitrogen and oxygen atoms in total. The van der Waals surface area contributed by atoms with Crippen molar-refractivity contribution in [3.05, 3.63) is 65.7 Å². The maximum Gasteiger partial charge on any atom is 0.319 e. The van der Waals surface area contributed by atoms with Gasteiger partial charge in [0.15, 0.2) is 0 Å². The van der Waals surface area contributed by atoms with Crippen LogP contribution in [0.25, 0.3) is 0 Å². The van der Waals surface area contributed by atoms with Crippen LogP contribution in [0.5, 0.6) is 0 Å². The first-order valence-corrected chi connectivity index (χ1v) is 6.39. The van der Waals surface area contributed by atoms with E-state index in [1.54, 1.807) is 0 Å². The minimum atomic E-state index is -0.167. The summed E-state index contributed by atoms with van der Waals surface area (Å²) < 4.78 is 0. The van der Waals surface area contributed by atoms with Gasteiger partial charge in [-0.2, -0.15) is 0 Å². The maximum atomic E-state index is 11.7. The number of hydrogen-bond acceptors (Lipinski definition) is 1. The first-order valence-electron chi connectivity index (χ1n) is 6.39. The van der Waals surface area contributed by atoms with Crippen molar-refractivity contribution in [2.75, 3.05) is 11.9 Å². The highest BCUT2D eigenvalue weighted by Crippen LogP contribution is 2.08. The zero-order valence-corrected chi connectivity index (χ0v) is 11.0. The standard InChI is InChI=1S/C16H18N2O/c1-13-7-9-15(10-8-13)18-16(19)17-12-11-14-5-3-2-4-6-14/h2-10H,11-12H2,1H3,(H2,17,18,19). The molecule has 98 valence electrons. The van der Waals surface area contributed by atoms with Crippen LogP contribution in [0.3, 0.4) is 0 Å². The third-order valence-corrected chi connectivity index (χ3v) is 2.85. The Morgan fingerprint density at radius 3 is 2.37 bits per heavy atom. The molecule has 2 aromatic rings. The molecule has 0 bridgehead atoms. The van der Waals surface area contributed by atoms with Crippen LogP contribution in [0.2, 0.25) is 0 Å². The van der Waals surface area contributed by atoms with Crippen molar-refractivity contribution >= 4 is 11.7 Å². The van der Waals surface area contributed by atoms with E-state index in [0.717, 1.165) is 12.1 Å². The van der Waals surface area contributed by atoms with Gasteiger partial charge in [0.1, 0.15) is 0 Å².